The third-order valence-corrected chi connectivity index (χ3v) is 6.21. The van der Waals surface area contributed by atoms with Crippen molar-refractivity contribution in [2.75, 3.05) is 0 Å². The van der Waals surface area contributed by atoms with Gasteiger partial charge in [-0.2, -0.15) is 0 Å². The van der Waals surface area contributed by atoms with Crippen LogP contribution in [0.5, 0.6) is 0 Å². The van der Waals surface area contributed by atoms with Gasteiger partial charge in [0.15, 0.2) is 0 Å². The van der Waals surface area contributed by atoms with Crippen LogP contribution in [0.15, 0.2) is 42.6 Å². The van der Waals surface area contributed by atoms with Crippen molar-refractivity contribution < 1.29 is 0 Å². The summed E-state index contributed by atoms with van der Waals surface area (Å²) in [4.78, 5) is 8.27. The van der Waals surface area contributed by atoms with Crippen LogP contribution in [0.2, 0.25) is 0 Å². The van der Waals surface area contributed by atoms with Gasteiger partial charge in [0.25, 0.3) is 0 Å². The second-order valence-corrected chi connectivity index (χ2v) is 7.94. The van der Waals surface area contributed by atoms with E-state index in [1.54, 1.807) is 0 Å². The van der Waals surface area contributed by atoms with Gasteiger partial charge in [0.2, 0.25) is 0 Å². The van der Waals surface area contributed by atoms with Gasteiger partial charge in [0, 0.05) is 40.4 Å². The molecule has 5 rings (SSSR count). The first-order valence-electron chi connectivity index (χ1n) is 10.2. The topological polar surface area (TPSA) is 40.7 Å². The lowest BCUT2D eigenvalue weighted by Gasteiger charge is -2.31. The van der Waals surface area contributed by atoms with Gasteiger partial charge in [-0.15, -0.1) is 0 Å². The van der Waals surface area contributed by atoms with Crippen LogP contribution in [0, 0.1) is 0 Å². The average Bonchev–Trinajstić information content (AvgIpc) is 3.08. The number of nitrogens with one attached hydrogen (secondary N) is 2. The van der Waals surface area contributed by atoms with Gasteiger partial charge in [0.1, 0.15) is 0 Å². The quantitative estimate of drug-likeness (QED) is 0.655. The number of aromatic amines is 1. The van der Waals surface area contributed by atoms with Crippen LogP contribution in [0.1, 0.15) is 62.2 Å². The maximum Gasteiger partial charge on any atom is 0.0702 e. The van der Waals surface area contributed by atoms with E-state index in [9.17, 15) is 0 Å². The van der Waals surface area contributed by atoms with E-state index in [2.05, 4.69) is 45.6 Å². The number of pyridine rings is 1. The Labute approximate surface area is 155 Å². The van der Waals surface area contributed by atoms with Crippen molar-refractivity contribution in [1.29, 1.82) is 0 Å². The Morgan fingerprint density at radius 3 is 2.73 bits per heavy atom. The summed E-state index contributed by atoms with van der Waals surface area (Å²) in [6.45, 7) is 0. The highest BCUT2D eigenvalue weighted by Gasteiger charge is 2.26. The third kappa shape index (κ3) is 2.95. The van der Waals surface area contributed by atoms with Crippen molar-refractivity contribution in [3.63, 3.8) is 0 Å². The van der Waals surface area contributed by atoms with Crippen LogP contribution in [0.25, 0.3) is 22.2 Å². The van der Waals surface area contributed by atoms with Crippen LogP contribution >= 0.6 is 0 Å². The normalized spacial score (nSPS) is 21.0. The molecule has 0 radical (unpaired) electrons. The maximum atomic E-state index is 4.52. The van der Waals surface area contributed by atoms with E-state index < -0.39 is 0 Å². The summed E-state index contributed by atoms with van der Waals surface area (Å²) in [5.41, 5.74) is 6.50. The second-order valence-electron chi connectivity index (χ2n) is 7.94. The predicted octanol–water partition coefficient (Wildman–Crippen LogP) is 5.53. The minimum atomic E-state index is 0.493. The van der Waals surface area contributed by atoms with Gasteiger partial charge in [-0.1, -0.05) is 31.4 Å². The molecule has 1 unspecified atom stereocenters. The summed E-state index contributed by atoms with van der Waals surface area (Å²) < 4.78 is 0. The molecule has 26 heavy (non-hydrogen) atoms. The summed E-state index contributed by atoms with van der Waals surface area (Å²) in [5.74, 6) is 0. The Bertz CT molecular complexity index is 890. The Balaban J connectivity index is 1.49. The summed E-state index contributed by atoms with van der Waals surface area (Å²) in [6, 6.07) is 14.1. The zero-order chi connectivity index (χ0) is 17.3. The van der Waals surface area contributed by atoms with Gasteiger partial charge < -0.3 is 10.3 Å². The van der Waals surface area contributed by atoms with Crippen molar-refractivity contribution in [2.45, 2.75) is 63.5 Å². The number of fused-ring (bicyclic) bond motifs is 3. The number of hydrogen-bond donors (Lipinski definition) is 2. The van der Waals surface area contributed by atoms with Crippen LogP contribution < -0.4 is 5.32 Å². The SMILES string of the molecule is c1ccc(-c2ccc3[nH]c4c(c3c2)CCCC4NC2CCCCC2)nc1. The largest absolute Gasteiger partial charge is 0.357 e. The summed E-state index contributed by atoms with van der Waals surface area (Å²) in [7, 11) is 0. The highest BCUT2D eigenvalue weighted by atomic mass is 15.0. The standard InChI is InChI=1S/C23H27N3/c1-2-7-17(8-3-1)25-22-11-6-9-18-19-15-16(20-10-4-5-14-24-20)12-13-21(19)26-23(18)22/h4-5,10,12-15,17,22,25-26H,1-3,6-9,11H2. The molecular formula is C23H27N3. The van der Waals surface area contributed by atoms with E-state index in [4.69, 9.17) is 0 Å². The van der Waals surface area contributed by atoms with Gasteiger partial charge in [-0.05, 0) is 61.9 Å². The van der Waals surface area contributed by atoms with Gasteiger partial charge >= 0.3 is 0 Å². The second kappa shape index (κ2) is 6.88. The molecule has 0 saturated heterocycles. The fraction of sp³-hybridized carbons (Fsp3) is 0.435. The third-order valence-electron chi connectivity index (χ3n) is 6.21. The minimum Gasteiger partial charge on any atom is -0.357 e. The highest BCUT2D eigenvalue weighted by Crippen LogP contribution is 2.37. The Morgan fingerprint density at radius 1 is 0.962 bits per heavy atom. The minimum absolute atomic E-state index is 0.493. The zero-order valence-corrected chi connectivity index (χ0v) is 15.3. The van der Waals surface area contributed by atoms with Gasteiger partial charge in [0.05, 0.1) is 5.69 Å². The van der Waals surface area contributed by atoms with E-state index in [0.29, 0.717) is 12.1 Å². The van der Waals surface area contributed by atoms with Crippen molar-refractivity contribution in [2.24, 2.45) is 0 Å². The first-order chi connectivity index (χ1) is 12.9. The molecular weight excluding hydrogens is 318 g/mol. The molecule has 2 N–H and O–H groups in total. The molecule has 2 aromatic heterocycles. The van der Waals surface area contributed by atoms with Crippen molar-refractivity contribution in [1.82, 2.24) is 15.3 Å². The molecule has 134 valence electrons. The number of nitrogens with zero attached hydrogens (tertiary/aromatic N) is 1. The molecule has 0 spiro atoms. The van der Waals surface area contributed by atoms with Crippen molar-refractivity contribution >= 4 is 10.9 Å². The fourth-order valence-electron chi connectivity index (χ4n) is 4.88. The van der Waals surface area contributed by atoms with E-state index in [-0.39, 0.29) is 0 Å². The Morgan fingerprint density at radius 2 is 1.88 bits per heavy atom. The smallest absolute Gasteiger partial charge is 0.0702 e. The molecule has 0 aliphatic heterocycles. The Hall–Kier alpha value is -2.13. The predicted molar refractivity (Wildman–Crippen MR) is 107 cm³/mol. The lowest BCUT2D eigenvalue weighted by molar-refractivity contribution is 0.318. The first-order valence-corrected chi connectivity index (χ1v) is 10.2. The molecule has 3 nitrogen and oxygen atoms in total. The molecule has 2 aliphatic carbocycles. The number of benzene rings is 1. The van der Waals surface area contributed by atoms with Crippen LogP contribution in [0.4, 0.5) is 0 Å². The average molecular weight is 345 g/mol. The number of rotatable bonds is 3. The van der Waals surface area contributed by atoms with E-state index in [1.807, 2.05) is 12.3 Å². The van der Waals surface area contributed by atoms with Crippen LogP contribution in [-0.4, -0.2) is 16.0 Å². The molecule has 2 heterocycles. The van der Waals surface area contributed by atoms with E-state index >= 15 is 0 Å². The number of aryl methyl sites for hydroxylation is 1. The fourth-order valence-corrected chi connectivity index (χ4v) is 4.88. The lowest BCUT2D eigenvalue weighted by atomic mass is 9.89. The van der Waals surface area contributed by atoms with Crippen LogP contribution in [-0.2, 0) is 6.42 Å². The lowest BCUT2D eigenvalue weighted by Crippen LogP contribution is -2.36. The Kier molecular flexibility index (Phi) is 4.25. The monoisotopic (exact) mass is 345 g/mol. The molecule has 0 amide bonds. The van der Waals surface area contributed by atoms with Gasteiger partial charge in [-0.3, -0.25) is 4.98 Å². The molecule has 3 aromatic rings. The number of aromatic nitrogens is 2. The van der Waals surface area contributed by atoms with Crippen LogP contribution in [0.3, 0.4) is 0 Å². The van der Waals surface area contributed by atoms with E-state index in [0.717, 1.165) is 5.69 Å². The zero-order valence-electron chi connectivity index (χ0n) is 15.3. The summed E-state index contributed by atoms with van der Waals surface area (Å²) in [5, 5.41) is 5.36. The highest BCUT2D eigenvalue weighted by molar-refractivity contribution is 5.89. The molecule has 1 saturated carbocycles. The van der Waals surface area contributed by atoms with Gasteiger partial charge in [-0.25, -0.2) is 0 Å². The summed E-state index contributed by atoms with van der Waals surface area (Å²) in [6.07, 6.45) is 12.5. The molecule has 1 atom stereocenters. The molecule has 1 fully saturated rings. The van der Waals surface area contributed by atoms with Crippen molar-refractivity contribution in [3.8, 4) is 11.3 Å². The first kappa shape index (κ1) is 16.1. The molecule has 0 bridgehead atoms. The number of H-pyrrole nitrogens is 1. The summed E-state index contributed by atoms with van der Waals surface area (Å²) >= 11 is 0. The van der Waals surface area contributed by atoms with E-state index in [1.165, 1.54) is 79.1 Å². The number of hydrogen-bond acceptors (Lipinski definition) is 2. The molecule has 2 aliphatic rings. The molecule has 1 aromatic carbocycles. The molecule has 3 heteroatoms. The maximum absolute atomic E-state index is 4.52. The van der Waals surface area contributed by atoms with Crippen molar-refractivity contribution in [3.05, 3.63) is 53.9 Å².